The van der Waals surface area contributed by atoms with Gasteiger partial charge in [0.15, 0.2) is 4.77 Å². The molecule has 96 valence electrons. The number of nitrogens with zero attached hydrogens (tertiary/aromatic N) is 1. The number of imidazole rings is 1. The highest BCUT2D eigenvalue weighted by Crippen LogP contribution is 2.50. The van der Waals surface area contributed by atoms with Crippen molar-refractivity contribution in [2.45, 2.75) is 32.7 Å². The minimum absolute atomic E-state index is 0.493. The second-order valence-electron chi connectivity index (χ2n) is 5.25. The average Bonchev–Trinajstić information content (AvgIpc) is 3.10. The molecule has 1 aliphatic rings. The van der Waals surface area contributed by atoms with Crippen molar-refractivity contribution < 1.29 is 4.74 Å². The summed E-state index contributed by atoms with van der Waals surface area (Å²) in [6.07, 6.45) is 3.89. The number of benzene rings is 1. The van der Waals surface area contributed by atoms with E-state index in [1.54, 1.807) is 7.11 Å². The topological polar surface area (TPSA) is 29.9 Å². The lowest BCUT2D eigenvalue weighted by Gasteiger charge is -2.13. The minimum Gasteiger partial charge on any atom is -0.497 e. The van der Waals surface area contributed by atoms with Gasteiger partial charge >= 0.3 is 0 Å². The SMILES string of the molecule is CCC1(Cn2c(=S)[nH]c3cc(OC)ccc32)CC1. The van der Waals surface area contributed by atoms with Crippen LogP contribution < -0.4 is 4.74 Å². The largest absolute Gasteiger partial charge is 0.497 e. The van der Waals surface area contributed by atoms with Crippen LogP contribution in [-0.2, 0) is 6.54 Å². The van der Waals surface area contributed by atoms with E-state index in [0.29, 0.717) is 5.41 Å². The van der Waals surface area contributed by atoms with Gasteiger partial charge in [0, 0.05) is 12.6 Å². The van der Waals surface area contributed by atoms with Crippen LogP contribution in [-0.4, -0.2) is 16.7 Å². The molecule has 0 saturated heterocycles. The summed E-state index contributed by atoms with van der Waals surface area (Å²) in [7, 11) is 1.68. The summed E-state index contributed by atoms with van der Waals surface area (Å²) in [6, 6.07) is 6.09. The van der Waals surface area contributed by atoms with Gasteiger partial charge < -0.3 is 14.3 Å². The minimum atomic E-state index is 0.493. The monoisotopic (exact) mass is 262 g/mol. The second kappa shape index (κ2) is 4.12. The summed E-state index contributed by atoms with van der Waals surface area (Å²) in [5.74, 6) is 0.863. The van der Waals surface area contributed by atoms with Crippen LogP contribution in [0.15, 0.2) is 18.2 Å². The molecule has 1 aliphatic carbocycles. The van der Waals surface area contributed by atoms with Crippen molar-refractivity contribution in [1.29, 1.82) is 0 Å². The Balaban J connectivity index is 2.06. The number of hydrogen-bond donors (Lipinski definition) is 1. The average molecular weight is 262 g/mol. The molecule has 3 rings (SSSR count). The summed E-state index contributed by atoms with van der Waals surface area (Å²) in [5, 5.41) is 0. The van der Waals surface area contributed by atoms with Crippen molar-refractivity contribution in [1.82, 2.24) is 9.55 Å². The molecule has 0 spiro atoms. The summed E-state index contributed by atoms with van der Waals surface area (Å²) in [5.41, 5.74) is 2.74. The summed E-state index contributed by atoms with van der Waals surface area (Å²) < 4.78 is 8.30. The number of aromatic nitrogens is 2. The van der Waals surface area contributed by atoms with E-state index in [4.69, 9.17) is 17.0 Å². The highest BCUT2D eigenvalue weighted by Gasteiger charge is 2.41. The Bertz CT molecular complexity index is 637. The van der Waals surface area contributed by atoms with Crippen LogP contribution in [0.2, 0.25) is 0 Å². The zero-order chi connectivity index (χ0) is 12.8. The lowest BCUT2D eigenvalue weighted by atomic mass is 10.0. The van der Waals surface area contributed by atoms with Gasteiger partial charge in [-0.2, -0.15) is 0 Å². The number of hydrogen-bond acceptors (Lipinski definition) is 2. The molecule has 0 aliphatic heterocycles. The molecule has 1 N–H and O–H groups in total. The van der Waals surface area contributed by atoms with Crippen LogP contribution >= 0.6 is 12.2 Å². The summed E-state index contributed by atoms with van der Waals surface area (Å²) in [6.45, 7) is 3.31. The Morgan fingerprint density at radius 3 is 2.83 bits per heavy atom. The van der Waals surface area contributed by atoms with Crippen LogP contribution in [0.25, 0.3) is 11.0 Å². The van der Waals surface area contributed by atoms with E-state index < -0.39 is 0 Å². The second-order valence-corrected chi connectivity index (χ2v) is 5.64. The lowest BCUT2D eigenvalue weighted by Crippen LogP contribution is -2.10. The molecule has 1 heterocycles. The van der Waals surface area contributed by atoms with Crippen molar-refractivity contribution in [2.24, 2.45) is 5.41 Å². The maximum atomic E-state index is 5.44. The highest BCUT2D eigenvalue weighted by molar-refractivity contribution is 7.71. The van der Waals surface area contributed by atoms with Gasteiger partial charge in [-0.1, -0.05) is 6.92 Å². The Kier molecular flexibility index (Phi) is 2.70. The van der Waals surface area contributed by atoms with Gasteiger partial charge in [-0.15, -0.1) is 0 Å². The first-order chi connectivity index (χ1) is 8.67. The molecule has 1 fully saturated rings. The molecule has 0 unspecified atom stereocenters. The normalized spacial score (nSPS) is 17.0. The number of ether oxygens (including phenoxy) is 1. The van der Waals surface area contributed by atoms with E-state index in [1.165, 1.54) is 24.8 Å². The smallest absolute Gasteiger partial charge is 0.178 e. The Morgan fingerprint density at radius 2 is 2.22 bits per heavy atom. The lowest BCUT2D eigenvalue weighted by molar-refractivity contribution is 0.412. The first kappa shape index (κ1) is 11.8. The van der Waals surface area contributed by atoms with Gasteiger partial charge in [-0.25, -0.2) is 0 Å². The molecule has 1 aromatic heterocycles. The van der Waals surface area contributed by atoms with E-state index in [0.717, 1.165) is 22.6 Å². The van der Waals surface area contributed by atoms with Crippen LogP contribution in [0, 0.1) is 10.2 Å². The van der Waals surface area contributed by atoms with Crippen molar-refractivity contribution >= 4 is 23.3 Å². The number of nitrogens with one attached hydrogen (secondary N) is 1. The van der Waals surface area contributed by atoms with Gasteiger partial charge in [-0.05, 0) is 49.0 Å². The van der Waals surface area contributed by atoms with E-state index in [-0.39, 0.29) is 0 Å². The number of methoxy groups -OCH3 is 1. The van der Waals surface area contributed by atoms with Gasteiger partial charge in [0.1, 0.15) is 5.75 Å². The predicted octanol–water partition coefficient (Wildman–Crippen LogP) is 3.90. The molecule has 4 heteroatoms. The number of fused-ring (bicyclic) bond motifs is 1. The van der Waals surface area contributed by atoms with Crippen molar-refractivity contribution in [3.63, 3.8) is 0 Å². The van der Waals surface area contributed by atoms with Crippen molar-refractivity contribution in [3.8, 4) is 5.75 Å². The predicted molar refractivity (Wildman–Crippen MR) is 75.6 cm³/mol. The summed E-state index contributed by atoms with van der Waals surface area (Å²) in [4.78, 5) is 3.27. The van der Waals surface area contributed by atoms with Crippen LogP contribution in [0.1, 0.15) is 26.2 Å². The third kappa shape index (κ3) is 1.85. The van der Waals surface area contributed by atoms with E-state index in [2.05, 4.69) is 22.5 Å². The Hall–Kier alpha value is -1.29. The van der Waals surface area contributed by atoms with Gasteiger partial charge in [0.05, 0.1) is 18.1 Å². The van der Waals surface area contributed by atoms with E-state index in [1.807, 2.05) is 12.1 Å². The molecular formula is C14H18N2OS. The zero-order valence-corrected chi connectivity index (χ0v) is 11.6. The van der Waals surface area contributed by atoms with Crippen molar-refractivity contribution in [2.75, 3.05) is 7.11 Å². The van der Waals surface area contributed by atoms with E-state index in [9.17, 15) is 0 Å². The maximum Gasteiger partial charge on any atom is 0.178 e. The van der Waals surface area contributed by atoms with Crippen LogP contribution in [0.5, 0.6) is 5.75 Å². The molecule has 2 aromatic rings. The number of H-pyrrole nitrogens is 1. The fraction of sp³-hybridized carbons (Fsp3) is 0.500. The van der Waals surface area contributed by atoms with Gasteiger partial charge in [0.2, 0.25) is 0 Å². The third-order valence-corrected chi connectivity index (χ3v) is 4.50. The fourth-order valence-corrected chi connectivity index (χ4v) is 2.84. The standard InChI is InChI=1S/C14H18N2OS/c1-3-14(6-7-14)9-16-12-5-4-10(17-2)8-11(12)15-13(16)18/h4-5,8H,3,6-7,9H2,1-2H3,(H,15,18). The molecule has 0 bridgehead atoms. The molecular weight excluding hydrogens is 244 g/mol. The first-order valence-electron chi connectivity index (χ1n) is 6.44. The molecule has 0 amide bonds. The van der Waals surface area contributed by atoms with Crippen LogP contribution in [0.4, 0.5) is 0 Å². The number of aromatic amines is 1. The highest BCUT2D eigenvalue weighted by atomic mass is 32.1. The molecule has 18 heavy (non-hydrogen) atoms. The van der Waals surface area contributed by atoms with Crippen molar-refractivity contribution in [3.05, 3.63) is 23.0 Å². The van der Waals surface area contributed by atoms with Gasteiger partial charge in [0.25, 0.3) is 0 Å². The van der Waals surface area contributed by atoms with E-state index >= 15 is 0 Å². The Labute approximate surface area is 112 Å². The fourth-order valence-electron chi connectivity index (χ4n) is 2.56. The maximum absolute atomic E-state index is 5.44. The first-order valence-corrected chi connectivity index (χ1v) is 6.85. The Morgan fingerprint density at radius 1 is 1.44 bits per heavy atom. The zero-order valence-electron chi connectivity index (χ0n) is 10.8. The number of rotatable bonds is 4. The van der Waals surface area contributed by atoms with Gasteiger partial charge in [-0.3, -0.25) is 0 Å². The molecule has 3 nitrogen and oxygen atoms in total. The van der Waals surface area contributed by atoms with Crippen LogP contribution in [0.3, 0.4) is 0 Å². The molecule has 0 radical (unpaired) electrons. The summed E-state index contributed by atoms with van der Waals surface area (Å²) >= 11 is 5.44. The molecule has 1 aromatic carbocycles. The quantitative estimate of drug-likeness (QED) is 0.847. The molecule has 1 saturated carbocycles. The molecule has 0 atom stereocenters. The third-order valence-electron chi connectivity index (χ3n) is 4.18.